The van der Waals surface area contributed by atoms with Gasteiger partial charge in [-0.1, -0.05) is 13.0 Å². The maximum Gasteiger partial charge on any atom is 0.115 e. The summed E-state index contributed by atoms with van der Waals surface area (Å²) < 4.78 is 0. The molecule has 0 spiro atoms. The van der Waals surface area contributed by atoms with Gasteiger partial charge in [0.15, 0.2) is 0 Å². The first-order chi connectivity index (χ1) is 8.67. The van der Waals surface area contributed by atoms with E-state index in [2.05, 4.69) is 13.0 Å². The monoisotopic (exact) mass is 242 g/mol. The van der Waals surface area contributed by atoms with E-state index in [1.54, 1.807) is 5.56 Å². The van der Waals surface area contributed by atoms with E-state index in [0.717, 1.165) is 17.8 Å². The molecule has 0 aromatic heterocycles. The number of hydrogen-bond acceptors (Lipinski definition) is 1. The summed E-state index contributed by atoms with van der Waals surface area (Å²) in [5, 5.41) is 9.63. The fourth-order valence-electron chi connectivity index (χ4n) is 5.11. The third-order valence-corrected chi connectivity index (χ3v) is 6.25. The summed E-state index contributed by atoms with van der Waals surface area (Å²) in [7, 11) is 0. The number of rotatable bonds is 0. The topological polar surface area (TPSA) is 20.2 Å². The molecule has 96 valence electrons. The van der Waals surface area contributed by atoms with Crippen molar-refractivity contribution in [2.75, 3.05) is 0 Å². The maximum absolute atomic E-state index is 9.63. The summed E-state index contributed by atoms with van der Waals surface area (Å²) in [5.41, 5.74) is 3.65. The van der Waals surface area contributed by atoms with Crippen molar-refractivity contribution in [3.63, 3.8) is 0 Å². The molecule has 1 aromatic rings. The predicted molar refractivity (Wildman–Crippen MR) is 72.7 cm³/mol. The quantitative estimate of drug-likeness (QED) is 0.721. The molecule has 4 unspecified atom stereocenters. The van der Waals surface area contributed by atoms with Crippen LogP contribution in [0.4, 0.5) is 0 Å². The van der Waals surface area contributed by atoms with Crippen LogP contribution in [-0.2, 0) is 6.42 Å². The second-order valence-corrected chi connectivity index (χ2v) is 7.03. The van der Waals surface area contributed by atoms with Crippen molar-refractivity contribution in [2.45, 2.75) is 51.4 Å². The summed E-state index contributed by atoms with van der Waals surface area (Å²) in [6.07, 6.45) is 8.24. The normalized spacial score (nSPS) is 41.3. The van der Waals surface area contributed by atoms with Gasteiger partial charge in [0.1, 0.15) is 5.75 Å². The van der Waals surface area contributed by atoms with Gasteiger partial charge in [0, 0.05) is 0 Å². The molecule has 4 atom stereocenters. The lowest BCUT2D eigenvalue weighted by molar-refractivity contribution is -0.0565. The summed E-state index contributed by atoms with van der Waals surface area (Å²) >= 11 is 0. The van der Waals surface area contributed by atoms with Gasteiger partial charge in [0.25, 0.3) is 0 Å². The Bertz CT molecular complexity index is 492. The van der Waals surface area contributed by atoms with Gasteiger partial charge >= 0.3 is 0 Å². The summed E-state index contributed by atoms with van der Waals surface area (Å²) in [6.45, 7) is 2.52. The largest absolute Gasteiger partial charge is 0.508 e. The number of benzene rings is 1. The fraction of sp³-hybridized carbons (Fsp3) is 0.647. The third kappa shape index (κ3) is 1.34. The third-order valence-electron chi connectivity index (χ3n) is 6.25. The van der Waals surface area contributed by atoms with E-state index in [-0.39, 0.29) is 0 Å². The minimum Gasteiger partial charge on any atom is -0.508 e. The molecule has 1 aromatic carbocycles. The van der Waals surface area contributed by atoms with Crippen LogP contribution in [0.15, 0.2) is 18.2 Å². The van der Waals surface area contributed by atoms with E-state index in [1.165, 1.54) is 44.1 Å². The Hall–Kier alpha value is -0.980. The van der Waals surface area contributed by atoms with E-state index in [4.69, 9.17) is 0 Å². The molecule has 1 nitrogen and oxygen atoms in total. The number of fused-ring (bicyclic) bond motifs is 5. The molecular weight excluding hydrogens is 220 g/mol. The lowest BCUT2D eigenvalue weighted by atomic mass is 9.46. The Kier molecular flexibility index (Phi) is 2.13. The van der Waals surface area contributed by atoms with Crippen LogP contribution in [0.1, 0.15) is 56.1 Å². The molecular formula is C17H22O. The average molecular weight is 242 g/mol. The first kappa shape index (κ1) is 10.9. The summed E-state index contributed by atoms with van der Waals surface area (Å²) in [5.74, 6) is 3.14. The molecule has 1 heteroatoms. The van der Waals surface area contributed by atoms with Crippen molar-refractivity contribution in [3.8, 4) is 5.75 Å². The van der Waals surface area contributed by atoms with Gasteiger partial charge in [0.05, 0.1) is 0 Å². The zero-order valence-electron chi connectivity index (χ0n) is 11.2. The zero-order valence-corrected chi connectivity index (χ0v) is 11.2. The van der Waals surface area contributed by atoms with Gasteiger partial charge in [-0.2, -0.15) is 0 Å². The van der Waals surface area contributed by atoms with Crippen LogP contribution in [0.25, 0.3) is 0 Å². The van der Waals surface area contributed by atoms with E-state index >= 15 is 0 Å². The number of hydrogen-bond donors (Lipinski definition) is 1. The smallest absolute Gasteiger partial charge is 0.115 e. The molecule has 3 aliphatic rings. The van der Waals surface area contributed by atoms with Gasteiger partial charge < -0.3 is 5.11 Å². The predicted octanol–water partition coefficient (Wildman–Crippen LogP) is 4.25. The molecule has 2 saturated carbocycles. The van der Waals surface area contributed by atoms with E-state index in [9.17, 15) is 5.11 Å². The number of phenolic OH excluding ortho intramolecular Hbond substituents is 1. The standard InChI is InChI=1S/C17H22O/c1-17-8-6-14-13-5-3-12(18)10-11(13)2-4-15(14)16(17)7-9-17/h3,5,10,14-16,18H,2,4,6-9H2,1H3. The molecule has 1 N–H and O–H groups in total. The Morgan fingerprint density at radius 3 is 2.78 bits per heavy atom. The van der Waals surface area contributed by atoms with E-state index in [0.29, 0.717) is 11.2 Å². The van der Waals surface area contributed by atoms with Gasteiger partial charge in [-0.25, -0.2) is 0 Å². The lowest BCUT2D eigenvalue weighted by Crippen LogP contribution is -2.48. The van der Waals surface area contributed by atoms with Crippen molar-refractivity contribution in [1.29, 1.82) is 0 Å². The van der Waals surface area contributed by atoms with E-state index in [1.807, 2.05) is 12.1 Å². The molecule has 0 bridgehead atoms. The van der Waals surface area contributed by atoms with Gasteiger partial charge in [-0.15, -0.1) is 0 Å². The van der Waals surface area contributed by atoms with Gasteiger partial charge in [-0.3, -0.25) is 0 Å². The molecule has 3 aliphatic carbocycles. The molecule has 0 heterocycles. The molecule has 0 saturated heterocycles. The molecule has 0 radical (unpaired) electrons. The lowest BCUT2D eigenvalue weighted by Gasteiger charge is -2.58. The minimum absolute atomic E-state index is 0.441. The Morgan fingerprint density at radius 2 is 2.00 bits per heavy atom. The second-order valence-electron chi connectivity index (χ2n) is 7.03. The summed E-state index contributed by atoms with van der Waals surface area (Å²) in [6, 6.07) is 6.08. The highest BCUT2D eigenvalue weighted by Gasteiger charge is 2.52. The SMILES string of the molecule is CC12CCC3c4ccc(O)cc4CCC3C1CC2. The highest BCUT2D eigenvalue weighted by Crippen LogP contribution is 2.63. The number of aryl methyl sites for hydroxylation is 1. The second kappa shape index (κ2) is 3.53. The highest BCUT2D eigenvalue weighted by molar-refractivity contribution is 5.40. The molecule has 0 amide bonds. The molecule has 2 fully saturated rings. The van der Waals surface area contributed by atoms with Crippen LogP contribution in [-0.4, -0.2) is 5.11 Å². The first-order valence-corrected chi connectivity index (χ1v) is 7.49. The summed E-state index contributed by atoms with van der Waals surface area (Å²) in [4.78, 5) is 0. The fourth-order valence-corrected chi connectivity index (χ4v) is 5.11. The van der Waals surface area contributed by atoms with Gasteiger partial charge in [0.2, 0.25) is 0 Å². The number of aromatic hydroxyl groups is 1. The minimum atomic E-state index is 0.441. The van der Waals surface area contributed by atoms with Crippen LogP contribution in [0, 0.1) is 17.3 Å². The molecule has 18 heavy (non-hydrogen) atoms. The van der Waals surface area contributed by atoms with Crippen LogP contribution >= 0.6 is 0 Å². The zero-order chi connectivity index (χ0) is 12.3. The average Bonchev–Trinajstić information content (AvgIpc) is 2.34. The van der Waals surface area contributed by atoms with Crippen LogP contribution < -0.4 is 0 Å². The Labute approximate surface area is 109 Å². The van der Waals surface area contributed by atoms with Crippen LogP contribution in [0.3, 0.4) is 0 Å². The maximum atomic E-state index is 9.63. The van der Waals surface area contributed by atoms with Crippen molar-refractivity contribution in [1.82, 2.24) is 0 Å². The molecule has 0 aliphatic heterocycles. The Morgan fingerprint density at radius 1 is 1.17 bits per heavy atom. The first-order valence-electron chi connectivity index (χ1n) is 7.49. The van der Waals surface area contributed by atoms with Crippen molar-refractivity contribution in [2.24, 2.45) is 17.3 Å². The molecule has 4 rings (SSSR count). The van der Waals surface area contributed by atoms with Crippen molar-refractivity contribution >= 4 is 0 Å². The van der Waals surface area contributed by atoms with E-state index < -0.39 is 0 Å². The Balaban J connectivity index is 1.72. The van der Waals surface area contributed by atoms with Crippen molar-refractivity contribution < 1.29 is 5.11 Å². The highest BCUT2D eigenvalue weighted by atomic mass is 16.3. The van der Waals surface area contributed by atoms with Crippen LogP contribution in [0.2, 0.25) is 0 Å². The number of phenols is 1. The van der Waals surface area contributed by atoms with Gasteiger partial charge in [-0.05, 0) is 85.0 Å². The van der Waals surface area contributed by atoms with Crippen molar-refractivity contribution in [3.05, 3.63) is 29.3 Å². The van der Waals surface area contributed by atoms with Crippen LogP contribution in [0.5, 0.6) is 5.75 Å².